The van der Waals surface area contributed by atoms with Gasteiger partial charge in [0.2, 0.25) is 5.88 Å². The number of methoxy groups -OCH3 is 1. The zero-order valence-corrected chi connectivity index (χ0v) is 16.3. The first-order valence-corrected chi connectivity index (χ1v) is 9.59. The number of nitrogens with zero attached hydrogens (tertiary/aromatic N) is 3. The molecule has 0 bridgehead atoms. The van der Waals surface area contributed by atoms with Gasteiger partial charge in [-0.15, -0.1) is 0 Å². The van der Waals surface area contributed by atoms with Crippen molar-refractivity contribution in [1.29, 1.82) is 0 Å². The number of ether oxygens (including phenoxy) is 2. The zero-order chi connectivity index (χ0) is 20.1. The van der Waals surface area contributed by atoms with Crippen molar-refractivity contribution < 1.29 is 9.47 Å². The van der Waals surface area contributed by atoms with Gasteiger partial charge in [0.05, 0.1) is 13.3 Å². The summed E-state index contributed by atoms with van der Waals surface area (Å²) in [6.07, 6.45) is 5.74. The second-order valence-corrected chi connectivity index (χ2v) is 6.84. The molecule has 3 aromatic rings. The van der Waals surface area contributed by atoms with Gasteiger partial charge < -0.3 is 25.8 Å². The Labute approximate surface area is 169 Å². The fourth-order valence-corrected chi connectivity index (χ4v) is 3.16. The molecule has 2 aromatic heterocycles. The van der Waals surface area contributed by atoms with Crippen LogP contribution in [-0.2, 0) is 0 Å². The lowest BCUT2D eigenvalue weighted by Gasteiger charge is -2.16. The fourth-order valence-electron chi connectivity index (χ4n) is 3.16. The van der Waals surface area contributed by atoms with Crippen molar-refractivity contribution in [2.45, 2.75) is 18.9 Å². The maximum absolute atomic E-state index is 6.08. The molecule has 4 N–H and O–H groups in total. The molecule has 4 rings (SSSR count). The van der Waals surface area contributed by atoms with Crippen molar-refractivity contribution in [2.24, 2.45) is 0 Å². The van der Waals surface area contributed by atoms with Crippen LogP contribution in [0, 0.1) is 0 Å². The molecule has 8 nitrogen and oxygen atoms in total. The molecular weight excluding hydrogens is 368 g/mol. The van der Waals surface area contributed by atoms with Crippen LogP contribution in [0.1, 0.15) is 12.8 Å². The van der Waals surface area contributed by atoms with Crippen LogP contribution in [0.4, 0.5) is 11.5 Å². The largest absolute Gasteiger partial charge is 0.497 e. The smallest absolute Gasteiger partial charge is 0.246 e. The molecular formula is C21H24N6O2. The Kier molecular flexibility index (Phi) is 5.71. The summed E-state index contributed by atoms with van der Waals surface area (Å²) >= 11 is 0. The predicted octanol–water partition coefficient (Wildman–Crippen LogP) is 3.09. The molecule has 0 spiro atoms. The molecule has 1 aliphatic heterocycles. The van der Waals surface area contributed by atoms with Gasteiger partial charge in [0, 0.05) is 24.3 Å². The molecule has 1 aliphatic rings. The number of rotatable bonds is 7. The van der Waals surface area contributed by atoms with Gasteiger partial charge in [-0.05, 0) is 55.8 Å². The number of hydrogen-bond donors (Lipinski definition) is 3. The van der Waals surface area contributed by atoms with Crippen LogP contribution in [0.15, 0.2) is 48.8 Å². The van der Waals surface area contributed by atoms with Crippen LogP contribution in [0.2, 0.25) is 0 Å². The van der Waals surface area contributed by atoms with E-state index in [4.69, 9.17) is 15.2 Å². The van der Waals surface area contributed by atoms with E-state index in [2.05, 4.69) is 25.6 Å². The maximum Gasteiger partial charge on any atom is 0.246 e. The summed E-state index contributed by atoms with van der Waals surface area (Å²) in [5, 5.41) is 6.89. The minimum atomic E-state index is 0.435. The third kappa shape index (κ3) is 4.72. The summed E-state index contributed by atoms with van der Waals surface area (Å²) in [6.45, 7) is 1.84. The highest BCUT2D eigenvalue weighted by Crippen LogP contribution is 2.30. The first-order chi connectivity index (χ1) is 14.2. The summed E-state index contributed by atoms with van der Waals surface area (Å²) in [6, 6.07) is 11.4. The number of pyridine rings is 1. The molecule has 3 heterocycles. The molecule has 8 heteroatoms. The van der Waals surface area contributed by atoms with E-state index in [0.717, 1.165) is 36.5 Å². The highest BCUT2D eigenvalue weighted by Gasteiger charge is 2.16. The van der Waals surface area contributed by atoms with E-state index in [9.17, 15) is 0 Å². The Morgan fingerprint density at radius 1 is 1.10 bits per heavy atom. The summed E-state index contributed by atoms with van der Waals surface area (Å²) in [5.74, 6) is 2.85. The molecule has 0 aliphatic carbocycles. The van der Waals surface area contributed by atoms with Crippen molar-refractivity contribution in [1.82, 2.24) is 20.3 Å². The summed E-state index contributed by atoms with van der Waals surface area (Å²) in [5.41, 5.74) is 7.19. The Bertz CT molecular complexity index is 940. The van der Waals surface area contributed by atoms with Crippen LogP contribution in [0.25, 0.3) is 11.4 Å². The Morgan fingerprint density at radius 2 is 1.93 bits per heavy atom. The third-order valence-electron chi connectivity index (χ3n) is 4.77. The fraction of sp³-hybridized carbons (Fsp3) is 0.286. The molecule has 0 saturated carbocycles. The quantitative estimate of drug-likeness (QED) is 0.563. The van der Waals surface area contributed by atoms with Crippen LogP contribution >= 0.6 is 0 Å². The van der Waals surface area contributed by atoms with Gasteiger partial charge in [0.25, 0.3) is 0 Å². The van der Waals surface area contributed by atoms with Gasteiger partial charge in [-0.25, -0.2) is 9.97 Å². The number of nitrogens with one attached hydrogen (secondary N) is 2. The minimum absolute atomic E-state index is 0.435. The van der Waals surface area contributed by atoms with E-state index in [0.29, 0.717) is 29.3 Å². The van der Waals surface area contributed by atoms with Crippen molar-refractivity contribution in [3.8, 4) is 28.8 Å². The van der Waals surface area contributed by atoms with Crippen molar-refractivity contribution in [2.75, 3.05) is 31.2 Å². The van der Waals surface area contributed by atoms with Crippen molar-refractivity contribution in [3.63, 3.8) is 0 Å². The van der Waals surface area contributed by atoms with Gasteiger partial charge in [-0.3, -0.25) is 0 Å². The van der Waals surface area contributed by atoms with Gasteiger partial charge >= 0.3 is 0 Å². The van der Waals surface area contributed by atoms with Crippen LogP contribution < -0.4 is 25.8 Å². The summed E-state index contributed by atoms with van der Waals surface area (Å²) in [7, 11) is 1.63. The Hall–Kier alpha value is -3.39. The highest BCUT2D eigenvalue weighted by molar-refractivity contribution is 5.61. The van der Waals surface area contributed by atoms with E-state index < -0.39 is 0 Å². The second kappa shape index (κ2) is 8.74. The molecule has 29 heavy (non-hydrogen) atoms. The predicted molar refractivity (Wildman–Crippen MR) is 112 cm³/mol. The lowest BCUT2D eigenvalue weighted by atomic mass is 10.2. The number of aromatic nitrogens is 3. The molecule has 0 amide bonds. The van der Waals surface area contributed by atoms with E-state index in [1.165, 1.54) is 6.42 Å². The average Bonchev–Trinajstić information content (AvgIpc) is 3.28. The zero-order valence-electron chi connectivity index (χ0n) is 16.3. The standard InChI is InChI=1S/C21H24N6O2/c1-28-16-5-7-17(8-6-16)29-21-18(24-12-15-3-2-10-23-15)13-26-20(27-21)14-4-9-19(22)25-11-14/h4-9,11,13,15,23-24H,2-3,10,12H2,1H3,(H2,22,25)/t15-/m0/s1. The average molecular weight is 392 g/mol. The van der Waals surface area contributed by atoms with E-state index in [1.807, 2.05) is 30.3 Å². The van der Waals surface area contributed by atoms with Crippen LogP contribution in [0.5, 0.6) is 17.4 Å². The Morgan fingerprint density at radius 3 is 2.62 bits per heavy atom. The highest BCUT2D eigenvalue weighted by atomic mass is 16.5. The summed E-state index contributed by atoms with van der Waals surface area (Å²) < 4.78 is 11.3. The molecule has 1 atom stereocenters. The van der Waals surface area contributed by atoms with Crippen LogP contribution in [-0.4, -0.2) is 41.2 Å². The second-order valence-electron chi connectivity index (χ2n) is 6.84. The van der Waals surface area contributed by atoms with Crippen LogP contribution in [0.3, 0.4) is 0 Å². The van der Waals surface area contributed by atoms with Gasteiger partial charge in [-0.1, -0.05) is 0 Å². The molecule has 0 radical (unpaired) electrons. The lowest BCUT2D eigenvalue weighted by Crippen LogP contribution is -2.29. The first-order valence-electron chi connectivity index (χ1n) is 9.59. The van der Waals surface area contributed by atoms with Gasteiger partial charge in [0.15, 0.2) is 5.82 Å². The first kappa shape index (κ1) is 18.9. The maximum atomic E-state index is 6.08. The number of anilines is 2. The van der Waals surface area contributed by atoms with E-state index >= 15 is 0 Å². The number of nitrogen functional groups attached to an aromatic ring is 1. The van der Waals surface area contributed by atoms with Crippen molar-refractivity contribution in [3.05, 3.63) is 48.8 Å². The molecule has 0 unspecified atom stereocenters. The molecule has 150 valence electrons. The molecule has 1 fully saturated rings. The number of benzene rings is 1. The Balaban J connectivity index is 1.60. The SMILES string of the molecule is COc1ccc(Oc2nc(-c3ccc(N)nc3)ncc2NC[C@@H]2CCCN2)cc1. The monoisotopic (exact) mass is 392 g/mol. The van der Waals surface area contributed by atoms with E-state index in [-0.39, 0.29) is 0 Å². The topological polar surface area (TPSA) is 107 Å². The third-order valence-corrected chi connectivity index (χ3v) is 4.77. The molecule has 1 aromatic carbocycles. The normalized spacial score (nSPS) is 15.8. The number of hydrogen-bond acceptors (Lipinski definition) is 8. The lowest BCUT2D eigenvalue weighted by molar-refractivity contribution is 0.412. The van der Waals surface area contributed by atoms with Gasteiger partial charge in [-0.2, -0.15) is 4.98 Å². The molecule has 1 saturated heterocycles. The minimum Gasteiger partial charge on any atom is -0.497 e. The van der Waals surface area contributed by atoms with E-state index in [1.54, 1.807) is 25.6 Å². The van der Waals surface area contributed by atoms with Gasteiger partial charge in [0.1, 0.15) is 23.0 Å². The number of nitrogens with two attached hydrogens (primary N) is 1. The van der Waals surface area contributed by atoms with Crippen molar-refractivity contribution >= 4 is 11.5 Å². The summed E-state index contributed by atoms with van der Waals surface area (Å²) in [4.78, 5) is 13.2.